The first-order chi connectivity index (χ1) is 7.41. The molecule has 6 nitrogen and oxygen atoms in total. The van der Waals surface area contributed by atoms with Gasteiger partial charge in [-0.15, -0.1) is 0 Å². The van der Waals surface area contributed by atoms with E-state index in [0.717, 1.165) is 0 Å². The van der Waals surface area contributed by atoms with Gasteiger partial charge in [-0.05, 0) is 19.1 Å². The van der Waals surface area contributed by atoms with E-state index in [4.69, 9.17) is 22.1 Å². The van der Waals surface area contributed by atoms with E-state index in [1.54, 1.807) is 6.92 Å². The standard InChI is InChI=1S/C9H12N2O4S/c1-4-7(8(13)14)6(3-15-5(2)12)11-9(16)10-4/h6-7H,3H2,1-2H3,(H,11,16)(H,13,14). The van der Waals surface area contributed by atoms with Crippen molar-refractivity contribution in [2.45, 2.75) is 19.9 Å². The number of carbonyl (C=O) groups is 2. The zero-order chi connectivity index (χ0) is 12.3. The molecule has 0 aromatic rings. The number of carbonyl (C=O) groups excluding carboxylic acids is 1. The Morgan fingerprint density at radius 3 is 2.75 bits per heavy atom. The van der Waals surface area contributed by atoms with Crippen LogP contribution in [0.3, 0.4) is 0 Å². The van der Waals surface area contributed by atoms with Crippen LogP contribution in [0.4, 0.5) is 0 Å². The fourth-order valence-electron chi connectivity index (χ4n) is 1.49. The van der Waals surface area contributed by atoms with Gasteiger partial charge < -0.3 is 15.2 Å². The summed E-state index contributed by atoms with van der Waals surface area (Å²) in [5.41, 5.74) is 0.411. The molecule has 0 aromatic heterocycles. The molecule has 0 spiro atoms. The Hall–Kier alpha value is -1.50. The second-order valence-corrected chi connectivity index (χ2v) is 3.81. The molecule has 88 valence electrons. The fourth-order valence-corrected chi connectivity index (χ4v) is 1.79. The first-order valence-corrected chi connectivity index (χ1v) is 5.04. The van der Waals surface area contributed by atoms with Gasteiger partial charge in [-0.25, -0.2) is 4.99 Å². The van der Waals surface area contributed by atoms with Crippen LogP contribution >= 0.6 is 12.2 Å². The molecule has 2 unspecified atom stereocenters. The maximum absolute atomic E-state index is 11.0. The van der Waals surface area contributed by atoms with Crippen LogP contribution in [0.15, 0.2) is 4.99 Å². The molecule has 0 saturated carbocycles. The van der Waals surface area contributed by atoms with Gasteiger partial charge in [-0.2, -0.15) is 0 Å². The number of nitrogens with one attached hydrogen (secondary N) is 1. The van der Waals surface area contributed by atoms with Crippen molar-refractivity contribution in [2.24, 2.45) is 10.9 Å². The summed E-state index contributed by atoms with van der Waals surface area (Å²) in [6, 6.07) is -0.564. The van der Waals surface area contributed by atoms with Gasteiger partial charge in [0.25, 0.3) is 0 Å². The third kappa shape index (κ3) is 2.99. The zero-order valence-corrected chi connectivity index (χ0v) is 9.71. The second-order valence-electron chi connectivity index (χ2n) is 3.43. The van der Waals surface area contributed by atoms with E-state index < -0.39 is 23.9 Å². The Labute approximate surface area is 97.7 Å². The minimum Gasteiger partial charge on any atom is -0.481 e. The van der Waals surface area contributed by atoms with Crippen molar-refractivity contribution in [1.82, 2.24) is 5.32 Å². The minimum atomic E-state index is -1.02. The molecule has 0 amide bonds. The number of thiocarbonyl (C=S) groups is 1. The molecule has 16 heavy (non-hydrogen) atoms. The Morgan fingerprint density at radius 1 is 1.62 bits per heavy atom. The van der Waals surface area contributed by atoms with E-state index in [1.807, 2.05) is 0 Å². The van der Waals surface area contributed by atoms with E-state index in [-0.39, 0.29) is 11.7 Å². The molecule has 1 aliphatic rings. The summed E-state index contributed by atoms with van der Waals surface area (Å²) < 4.78 is 4.78. The lowest BCUT2D eigenvalue weighted by molar-refractivity contribution is -0.146. The monoisotopic (exact) mass is 244 g/mol. The number of ether oxygens (including phenoxy) is 1. The fraction of sp³-hybridized carbons (Fsp3) is 0.556. The van der Waals surface area contributed by atoms with E-state index in [1.165, 1.54) is 6.92 Å². The van der Waals surface area contributed by atoms with Gasteiger partial charge in [0.15, 0.2) is 5.11 Å². The van der Waals surface area contributed by atoms with Gasteiger partial charge in [-0.3, -0.25) is 9.59 Å². The summed E-state index contributed by atoms with van der Waals surface area (Å²) in [5, 5.41) is 12.0. The predicted molar refractivity (Wildman–Crippen MR) is 60.4 cm³/mol. The largest absolute Gasteiger partial charge is 0.481 e. The molecule has 0 aliphatic carbocycles. The summed E-state index contributed by atoms with van der Waals surface area (Å²) in [7, 11) is 0. The van der Waals surface area contributed by atoms with Crippen molar-refractivity contribution >= 4 is 35.0 Å². The van der Waals surface area contributed by atoms with Crippen LogP contribution in [0.2, 0.25) is 0 Å². The summed E-state index contributed by atoms with van der Waals surface area (Å²) in [5.74, 6) is -2.31. The summed E-state index contributed by atoms with van der Waals surface area (Å²) >= 11 is 4.85. The van der Waals surface area contributed by atoms with Crippen LogP contribution < -0.4 is 5.32 Å². The zero-order valence-electron chi connectivity index (χ0n) is 8.89. The number of aliphatic carboxylic acids is 1. The Balaban J connectivity index is 2.80. The van der Waals surface area contributed by atoms with E-state index in [2.05, 4.69) is 10.3 Å². The number of hydrogen-bond acceptors (Lipinski definition) is 4. The Kier molecular flexibility index (Phi) is 3.94. The molecule has 1 aliphatic heterocycles. The molecule has 0 saturated heterocycles. The van der Waals surface area contributed by atoms with E-state index in [0.29, 0.717) is 5.71 Å². The van der Waals surface area contributed by atoms with Crippen molar-refractivity contribution in [1.29, 1.82) is 0 Å². The number of carboxylic acids is 1. The summed E-state index contributed by atoms with van der Waals surface area (Å²) in [6.45, 7) is 2.81. The Bertz CT molecular complexity index is 367. The molecule has 0 fully saturated rings. The maximum atomic E-state index is 11.0. The van der Waals surface area contributed by atoms with Crippen LogP contribution in [0, 0.1) is 5.92 Å². The number of hydrogen-bond donors (Lipinski definition) is 2. The summed E-state index contributed by atoms with van der Waals surface area (Å²) in [4.78, 5) is 25.6. The highest BCUT2D eigenvalue weighted by molar-refractivity contribution is 7.80. The lowest BCUT2D eigenvalue weighted by Crippen LogP contribution is -2.52. The van der Waals surface area contributed by atoms with Crippen molar-refractivity contribution in [2.75, 3.05) is 6.61 Å². The number of rotatable bonds is 3. The van der Waals surface area contributed by atoms with Gasteiger partial charge >= 0.3 is 11.9 Å². The lowest BCUT2D eigenvalue weighted by atomic mass is 9.94. The third-order valence-corrected chi connectivity index (χ3v) is 2.38. The molecule has 0 bridgehead atoms. The highest BCUT2D eigenvalue weighted by Gasteiger charge is 2.35. The first-order valence-electron chi connectivity index (χ1n) is 4.63. The van der Waals surface area contributed by atoms with Crippen LogP contribution in [-0.4, -0.2) is 40.5 Å². The van der Waals surface area contributed by atoms with Gasteiger partial charge in [0.05, 0.1) is 6.04 Å². The van der Waals surface area contributed by atoms with Crippen molar-refractivity contribution in [3.63, 3.8) is 0 Å². The minimum absolute atomic E-state index is 0.0424. The number of nitrogens with zero attached hydrogens (tertiary/aromatic N) is 1. The number of esters is 1. The molecule has 0 radical (unpaired) electrons. The molecule has 7 heteroatoms. The summed E-state index contributed by atoms with van der Waals surface area (Å²) in [6.07, 6.45) is 0. The van der Waals surface area contributed by atoms with E-state index >= 15 is 0 Å². The maximum Gasteiger partial charge on any atom is 0.314 e. The topological polar surface area (TPSA) is 88.0 Å². The van der Waals surface area contributed by atoms with Crippen molar-refractivity contribution in [3.05, 3.63) is 0 Å². The van der Waals surface area contributed by atoms with Crippen LogP contribution in [0.25, 0.3) is 0 Å². The van der Waals surface area contributed by atoms with Gasteiger partial charge in [-0.1, -0.05) is 0 Å². The highest BCUT2D eigenvalue weighted by Crippen LogP contribution is 2.13. The molecule has 0 aromatic carbocycles. The molecule has 2 N–H and O–H groups in total. The first kappa shape index (κ1) is 12.6. The molecular weight excluding hydrogens is 232 g/mol. The highest BCUT2D eigenvalue weighted by atomic mass is 32.1. The van der Waals surface area contributed by atoms with Gasteiger partial charge in [0.2, 0.25) is 0 Å². The number of carboxylic acid groups (broad SMARTS) is 1. The smallest absolute Gasteiger partial charge is 0.314 e. The van der Waals surface area contributed by atoms with Crippen LogP contribution in [0.1, 0.15) is 13.8 Å². The molecular formula is C9H12N2O4S. The predicted octanol–water partition coefficient (Wildman–Crippen LogP) is -0.0321. The van der Waals surface area contributed by atoms with Crippen molar-refractivity contribution in [3.8, 4) is 0 Å². The Morgan fingerprint density at radius 2 is 2.25 bits per heavy atom. The molecule has 1 rings (SSSR count). The van der Waals surface area contributed by atoms with Crippen molar-refractivity contribution < 1.29 is 19.4 Å². The average Bonchev–Trinajstić information content (AvgIpc) is 2.12. The van der Waals surface area contributed by atoms with Crippen LogP contribution in [0.5, 0.6) is 0 Å². The number of aliphatic imine (C=N–C) groups is 1. The SMILES string of the molecule is CC(=O)OCC1NC(=S)N=C(C)C1C(=O)O. The van der Waals surface area contributed by atoms with Gasteiger partial charge in [0.1, 0.15) is 12.5 Å². The lowest BCUT2D eigenvalue weighted by Gasteiger charge is -2.28. The van der Waals surface area contributed by atoms with Crippen LogP contribution in [-0.2, 0) is 14.3 Å². The quantitative estimate of drug-likeness (QED) is 0.535. The average molecular weight is 244 g/mol. The van der Waals surface area contributed by atoms with Gasteiger partial charge in [0, 0.05) is 12.6 Å². The molecule has 2 atom stereocenters. The third-order valence-electron chi connectivity index (χ3n) is 2.17. The van der Waals surface area contributed by atoms with E-state index in [9.17, 15) is 9.59 Å². The second kappa shape index (κ2) is 5.02. The normalized spacial score (nSPS) is 24.4. The molecule has 1 heterocycles.